The topological polar surface area (TPSA) is 92.8 Å². The molecule has 1 N–H and O–H groups in total. The third-order valence-electron chi connectivity index (χ3n) is 4.56. The highest BCUT2D eigenvalue weighted by molar-refractivity contribution is 7.89. The van der Waals surface area contributed by atoms with Crippen LogP contribution in [-0.4, -0.2) is 44.3 Å². The quantitative estimate of drug-likeness (QED) is 0.644. The number of amides is 1. The van der Waals surface area contributed by atoms with Gasteiger partial charge in [0.1, 0.15) is 0 Å². The number of piperidine rings is 1. The Morgan fingerprint density at radius 2 is 1.73 bits per heavy atom. The number of rotatable bonds is 6. The van der Waals surface area contributed by atoms with Crippen LogP contribution in [0.5, 0.6) is 0 Å². The largest absolute Gasteiger partial charge is 0.452 e. The first-order chi connectivity index (χ1) is 14.3. The summed E-state index contributed by atoms with van der Waals surface area (Å²) < 4.78 is 32.0. The molecule has 30 heavy (non-hydrogen) atoms. The van der Waals surface area contributed by atoms with Crippen molar-refractivity contribution in [3.63, 3.8) is 0 Å². The van der Waals surface area contributed by atoms with Gasteiger partial charge in [0.2, 0.25) is 10.0 Å². The molecular formula is C20H20Cl2N2O5S. The van der Waals surface area contributed by atoms with E-state index < -0.39 is 28.5 Å². The normalized spacial score (nSPS) is 14.9. The van der Waals surface area contributed by atoms with E-state index >= 15 is 0 Å². The van der Waals surface area contributed by atoms with Crippen LogP contribution >= 0.6 is 23.2 Å². The van der Waals surface area contributed by atoms with Gasteiger partial charge in [0.25, 0.3) is 5.91 Å². The van der Waals surface area contributed by atoms with Crippen molar-refractivity contribution < 1.29 is 22.7 Å². The zero-order chi connectivity index (χ0) is 21.7. The summed E-state index contributed by atoms with van der Waals surface area (Å²) in [4.78, 5) is 24.3. The monoisotopic (exact) mass is 470 g/mol. The molecule has 0 aliphatic carbocycles. The molecule has 1 amide bonds. The maximum Gasteiger partial charge on any atom is 0.338 e. The number of nitrogens with zero attached hydrogens (tertiary/aromatic N) is 1. The second-order valence-corrected chi connectivity index (χ2v) is 9.50. The lowest BCUT2D eigenvalue weighted by Crippen LogP contribution is -2.35. The summed E-state index contributed by atoms with van der Waals surface area (Å²) in [5, 5.41) is 3.16. The fourth-order valence-electron chi connectivity index (χ4n) is 3.02. The number of benzene rings is 2. The molecule has 2 aromatic carbocycles. The smallest absolute Gasteiger partial charge is 0.338 e. The molecule has 10 heteroatoms. The number of halogens is 2. The van der Waals surface area contributed by atoms with E-state index in [4.69, 9.17) is 27.9 Å². The van der Waals surface area contributed by atoms with Gasteiger partial charge in [0, 0.05) is 18.8 Å². The average Bonchev–Trinajstić information content (AvgIpc) is 2.75. The summed E-state index contributed by atoms with van der Waals surface area (Å²) in [6, 6.07) is 10.2. The number of hydrogen-bond donors (Lipinski definition) is 1. The molecule has 160 valence electrons. The van der Waals surface area contributed by atoms with Crippen molar-refractivity contribution in [3.8, 4) is 0 Å². The molecular weight excluding hydrogens is 451 g/mol. The third-order valence-corrected chi connectivity index (χ3v) is 7.19. The SMILES string of the molecule is O=C(COC(=O)c1cccc(S(=O)(=O)N2CCCCC2)c1)Nc1ccc(Cl)c(Cl)c1. The van der Waals surface area contributed by atoms with E-state index in [-0.39, 0.29) is 15.5 Å². The molecule has 0 aromatic heterocycles. The maximum absolute atomic E-state index is 12.8. The number of ether oxygens (including phenoxy) is 1. The fraction of sp³-hybridized carbons (Fsp3) is 0.300. The summed E-state index contributed by atoms with van der Waals surface area (Å²) in [5.41, 5.74) is 0.454. The van der Waals surface area contributed by atoms with E-state index in [1.54, 1.807) is 6.07 Å². The minimum absolute atomic E-state index is 0.0270. The van der Waals surface area contributed by atoms with Crippen LogP contribution in [0.15, 0.2) is 47.4 Å². The van der Waals surface area contributed by atoms with Gasteiger partial charge in [-0.05, 0) is 49.2 Å². The summed E-state index contributed by atoms with van der Waals surface area (Å²) in [6.07, 6.45) is 2.63. The molecule has 7 nitrogen and oxygen atoms in total. The van der Waals surface area contributed by atoms with Gasteiger partial charge in [0.05, 0.1) is 20.5 Å². The molecule has 1 heterocycles. The predicted octanol–water partition coefficient (Wildman–Crippen LogP) is 3.96. The summed E-state index contributed by atoms with van der Waals surface area (Å²) >= 11 is 11.7. The molecule has 1 saturated heterocycles. The minimum Gasteiger partial charge on any atom is -0.452 e. The standard InChI is InChI=1S/C20H20Cl2N2O5S/c21-17-8-7-15(12-18(17)22)23-19(25)13-29-20(26)14-5-4-6-16(11-14)30(27,28)24-9-2-1-3-10-24/h4-8,11-12H,1-3,9-10,13H2,(H,23,25). The molecule has 0 spiro atoms. The average molecular weight is 471 g/mol. The Hall–Kier alpha value is -2.13. The van der Waals surface area contributed by atoms with Crippen LogP contribution in [0.2, 0.25) is 10.0 Å². The maximum atomic E-state index is 12.8. The van der Waals surface area contributed by atoms with Crippen molar-refractivity contribution in [1.29, 1.82) is 0 Å². The Labute approximate surface area is 185 Å². The van der Waals surface area contributed by atoms with E-state index in [1.165, 1.54) is 40.7 Å². The first kappa shape index (κ1) is 22.6. The second kappa shape index (κ2) is 9.78. The summed E-state index contributed by atoms with van der Waals surface area (Å²) in [5.74, 6) is -1.37. The van der Waals surface area contributed by atoms with Crippen LogP contribution in [0, 0.1) is 0 Å². The number of carbonyl (C=O) groups excluding carboxylic acids is 2. The third kappa shape index (κ3) is 5.51. The highest BCUT2D eigenvalue weighted by Crippen LogP contribution is 2.25. The fourth-order valence-corrected chi connectivity index (χ4v) is 4.88. The number of nitrogens with one attached hydrogen (secondary N) is 1. The predicted molar refractivity (Wildman–Crippen MR) is 114 cm³/mol. The lowest BCUT2D eigenvalue weighted by molar-refractivity contribution is -0.119. The molecule has 0 saturated carbocycles. The van der Waals surface area contributed by atoms with Gasteiger partial charge in [-0.15, -0.1) is 0 Å². The van der Waals surface area contributed by atoms with Crippen LogP contribution in [0.1, 0.15) is 29.6 Å². The zero-order valence-electron chi connectivity index (χ0n) is 15.9. The van der Waals surface area contributed by atoms with Gasteiger partial charge in [-0.3, -0.25) is 4.79 Å². The van der Waals surface area contributed by atoms with Crippen LogP contribution in [0.3, 0.4) is 0 Å². The number of carbonyl (C=O) groups is 2. The first-order valence-corrected chi connectivity index (χ1v) is 11.5. The van der Waals surface area contributed by atoms with Gasteiger partial charge in [-0.25, -0.2) is 13.2 Å². The molecule has 0 bridgehead atoms. The molecule has 0 unspecified atom stereocenters. The minimum atomic E-state index is -3.67. The summed E-state index contributed by atoms with van der Waals surface area (Å²) in [7, 11) is -3.67. The zero-order valence-corrected chi connectivity index (χ0v) is 18.3. The van der Waals surface area contributed by atoms with Crippen LogP contribution in [-0.2, 0) is 19.6 Å². The van der Waals surface area contributed by atoms with Gasteiger partial charge in [-0.2, -0.15) is 4.31 Å². The van der Waals surface area contributed by atoms with Crippen LogP contribution < -0.4 is 5.32 Å². The molecule has 0 radical (unpaired) electrons. The lowest BCUT2D eigenvalue weighted by Gasteiger charge is -2.25. The molecule has 2 aromatic rings. The van der Waals surface area contributed by atoms with Crippen LogP contribution in [0.4, 0.5) is 5.69 Å². The van der Waals surface area contributed by atoms with Crippen molar-refractivity contribution in [2.45, 2.75) is 24.2 Å². The Balaban J connectivity index is 1.62. The Morgan fingerprint density at radius 3 is 2.43 bits per heavy atom. The van der Waals surface area contributed by atoms with Crippen molar-refractivity contribution in [2.75, 3.05) is 25.0 Å². The molecule has 0 atom stereocenters. The highest BCUT2D eigenvalue weighted by Gasteiger charge is 2.26. The molecule has 1 aliphatic heterocycles. The summed E-state index contributed by atoms with van der Waals surface area (Å²) in [6.45, 7) is 0.389. The van der Waals surface area contributed by atoms with E-state index in [0.29, 0.717) is 23.8 Å². The second-order valence-electron chi connectivity index (χ2n) is 6.75. The number of sulfonamides is 1. The number of esters is 1. The first-order valence-electron chi connectivity index (χ1n) is 9.29. The van der Waals surface area contributed by atoms with E-state index in [9.17, 15) is 18.0 Å². The van der Waals surface area contributed by atoms with Gasteiger partial charge in [-0.1, -0.05) is 35.7 Å². The molecule has 1 fully saturated rings. The van der Waals surface area contributed by atoms with Crippen LogP contribution in [0.25, 0.3) is 0 Å². The Kier molecular flexibility index (Phi) is 7.36. The van der Waals surface area contributed by atoms with Gasteiger partial charge < -0.3 is 10.1 Å². The number of anilines is 1. The lowest BCUT2D eigenvalue weighted by atomic mass is 10.2. The van der Waals surface area contributed by atoms with Crippen molar-refractivity contribution in [3.05, 3.63) is 58.1 Å². The molecule has 3 rings (SSSR count). The van der Waals surface area contributed by atoms with Gasteiger partial charge in [0.15, 0.2) is 6.61 Å². The van der Waals surface area contributed by atoms with Gasteiger partial charge >= 0.3 is 5.97 Å². The highest BCUT2D eigenvalue weighted by atomic mass is 35.5. The van der Waals surface area contributed by atoms with Crippen molar-refractivity contribution >= 4 is 50.8 Å². The van der Waals surface area contributed by atoms with Crippen molar-refractivity contribution in [1.82, 2.24) is 4.31 Å². The number of hydrogen-bond acceptors (Lipinski definition) is 5. The van der Waals surface area contributed by atoms with E-state index in [0.717, 1.165) is 19.3 Å². The molecule has 1 aliphatic rings. The Morgan fingerprint density at radius 1 is 1.00 bits per heavy atom. The Bertz CT molecular complexity index is 1050. The van der Waals surface area contributed by atoms with E-state index in [2.05, 4.69) is 5.32 Å². The van der Waals surface area contributed by atoms with E-state index in [1.807, 2.05) is 0 Å². The van der Waals surface area contributed by atoms with Crippen molar-refractivity contribution in [2.24, 2.45) is 0 Å².